The van der Waals surface area contributed by atoms with Crippen LogP contribution in [0.2, 0.25) is 5.02 Å². The number of halogens is 1. The van der Waals surface area contributed by atoms with Gasteiger partial charge in [0.2, 0.25) is 15.9 Å². The van der Waals surface area contributed by atoms with Crippen molar-refractivity contribution in [3.8, 4) is 5.88 Å². The van der Waals surface area contributed by atoms with Crippen LogP contribution in [0.15, 0.2) is 29.3 Å². The van der Waals surface area contributed by atoms with E-state index in [1.807, 2.05) is 6.92 Å². The lowest BCUT2D eigenvalue weighted by Gasteiger charge is -2.26. The fourth-order valence-corrected chi connectivity index (χ4v) is 5.11. The van der Waals surface area contributed by atoms with Gasteiger partial charge in [0.05, 0.1) is 16.1 Å². The molecule has 124 valence electrons. The first kappa shape index (κ1) is 16.4. The number of aromatic hydroxyl groups is 1. The highest BCUT2D eigenvalue weighted by Crippen LogP contribution is 2.35. The molecular formula is C15H18ClN3O3S. The highest BCUT2D eigenvalue weighted by molar-refractivity contribution is 7.89. The summed E-state index contributed by atoms with van der Waals surface area (Å²) in [6.45, 7) is 3.71. The molecule has 6 nitrogen and oxygen atoms in total. The first-order chi connectivity index (χ1) is 10.9. The van der Waals surface area contributed by atoms with Crippen LogP contribution >= 0.6 is 11.6 Å². The first-order valence-electron chi connectivity index (χ1n) is 7.41. The second-order valence-corrected chi connectivity index (χ2v) is 7.90. The minimum absolute atomic E-state index is 0.103. The van der Waals surface area contributed by atoms with Gasteiger partial charge in [-0.3, -0.25) is 0 Å². The van der Waals surface area contributed by atoms with Gasteiger partial charge in [0.1, 0.15) is 0 Å². The third kappa shape index (κ3) is 2.89. The molecule has 3 rings (SSSR count). The van der Waals surface area contributed by atoms with Crippen LogP contribution in [0.1, 0.15) is 13.3 Å². The molecule has 1 saturated heterocycles. The standard InChI is InChI=1S/C15H18ClN3O3S/c1-10-8-17-6-3-7-19(10)23(21,22)13-5-2-4-11-14(13)12(16)9-18-15(11)20/h2,4-5,9-10,17H,3,6-8H2,1H3,(H,18,20). The fourth-order valence-electron chi connectivity index (χ4n) is 2.91. The summed E-state index contributed by atoms with van der Waals surface area (Å²) in [4.78, 5) is 3.88. The van der Waals surface area contributed by atoms with E-state index in [4.69, 9.17) is 11.6 Å². The Labute approximate surface area is 140 Å². The van der Waals surface area contributed by atoms with Crippen LogP contribution in [0.4, 0.5) is 0 Å². The first-order valence-corrected chi connectivity index (χ1v) is 9.23. The highest BCUT2D eigenvalue weighted by atomic mass is 35.5. The summed E-state index contributed by atoms with van der Waals surface area (Å²) in [6, 6.07) is 4.56. The number of hydrogen-bond donors (Lipinski definition) is 2. The number of sulfonamides is 1. The molecule has 8 heteroatoms. The number of benzene rings is 1. The van der Waals surface area contributed by atoms with Crippen LogP contribution in [0.25, 0.3) is 10.8 Å². The number of fused-ring (bicyclic) bond motifs is 1. The van der Waals surface area contributed by atoms with Gasteiger partial charge in [0, 0.05) is 29.9 Å². The van der Waals surface area contributed by atoms with Crippen molar-refractivity contribution < 1.29 is 13.5 Å². The molecule has 1 aromatic carbocycles. The normalized spacial score (nSPS) is 20.5. The number of nitrogens with zero attached hydrogens (tertiary/aromatic N) is 2. The predicted molar refractivity (Wildman–Crippen MR) is 89.3 cm³/mol. The Balaban J connectivity index is 2.21. The lowest BCUT2D eigenvalue weighted by Crippen LogP contribution is -2.41. The van der Waals surface area contributed by atoms with Gasteiger partial charge >= 0.3 is 0 Å². The molecule has 0 aliphatic carbocycles. The van der Waals surface area contributed by atoms with E-state index in [1.54, 1.807) is 12.1 Å². The second kappa shape index (κ2) is 6.24. The minimum atomic E-state index is -3.73. The Morgan fingerprint density at radius 3 is 3.00 bits per heavy atom. The van der Waals surface area contributed by atoms with Crippen molar-refractivity contribution in [2.75, 3.05) is 19.6 Å². The van der Waals surface area contributed by atoms with E-state index in [0.717, 1.165) is 13.0 Å². The van der Waals surface area contributed by atoms with Gasteiger partial charge in [-0.1, -0.05) is 17.7 Å². The lowest BCUT2D eigenvalue weighted by molar-refractivity contribution is 0.354. The van der Waals surface area contributed by atoms with Crippen LogP contribution in [0.5, 0.6) is 5.88 Å². The number of hydrogen-bond acceptors (Lipinski definition) is 5. The van der Waals surface area contributed by atoms with E-state index in [0.29, 0.717) is 23.9 Å². The molecule has 0 bridgehead atoms. The molecule has 1 aliphatic rings. The maximum atomic E-state index is 13.2. The summed E-state index contributed by atoms with van der Waals surface area (Å²) in [5.74, 6) is -0.230. The maximum absolute atomic E-state index is 13.2. The summed E-state index contributed by atoms with van der Waals surface area (Å²) >= 11 is 6.18. The highest BCUT2D eigenvalue weighted by Gasteiger charge is 2.32. The van der Waals surface area contributed by atoms with Crippen molar-refractivity contribution in [1.29, 1.82) is 0 Å². The van der Waals surface area contributed by atoms with Gasteiger partial charge in [0.25, 0.3) is 0 Å². The monoisotopic (exact) mass is 355 g/mol. The van der Waals surface area contributed by atoms with Crippen LogP contribution < -0.4 is 5.32 Å². The Bertz CT molecular complexity index is 841. The zero-order chi connectivity index (χ0) is 16.6. The molecule has 1 aliphatic heterocycles. The summed E-state index contributed by atoms with van der Waals surface area (Å²) in [6.07, 6.45) is 2.01. The molecule has 2 N–H and O–H groups in total. The Hall–Kier alpha value is -1.41. The lowest BCUT2D eigenvalue weighted by atomic mass is 10.2. The van der Waals surface area contributed by atoms with E-state index in [2.05, 4.69) is 10.3 Å². The Morgan fingerprint density at radius 2 is 2.22 bits per heavy atom. The van der Waals surface area contributed by atoms with Crippen LogP contribution in [0.3, 0.4) is 0 Å². The van der Waals surface area contributed by atoms with E-state index >= 15 is 0 Å². The van der Waals surface area contributed by atoms with Gasteiger partial charge in [-0.05, 0) is 32.0 Å². The SMILES string of the molecule is CC1CNCCCN1S(=O)(=O)c1cccc2c(O)ncc(Cl)c12. The van der Waals surface area contributed by atoms with Crippen molar-refractivity contribution in [3.05, 3.63) is 29.4 Å². The minimum Gasteiger partial charge on any atom is -0.493 e. The van der Waals surface area contributed by atoms with Crippen molar-refractivity contribution in [1.82, 2.24) is 14.6 Å². The van der Waals surface area contributed by atoms with Crippen LogP contribution in [-0.2, 0) is 10.0 Å². The molecule has 2 aromatic rings. The van der Waals surface area contributed by atoms with Gasteiger partial charge in [-0.25, -0.2) is 13.4 Å². The maximum Gasteiger partial charge on any atom is 0.244 e. The quantitative estimate of drug-likeness (QED) is 0.860. The summed E-state index contributed by atoms with van der Waals surface area (Å²) in [5.41, 5.74) is 0. The summed E-state index contributed by atoms with van der Waals surface area (Å²) in [7, 11) is -3.73. The van der Waals surface area contributed by atoms with E-state index in [-0.39, 0.29) is 21.8 Å². The summed E-state index contributed by atoms with van der Waals surface area (Å²) < 4.78 is 27.8. The number of pyridine rings is 1. The van der Waals surface area contributed by atoms with Gasteiger partial charge in [-0.15, -0.1) is 0 Å². The smallest absolute Gasteiger partial charge is 0.244 e. The third-order valence-electron chi connectivity index (χ3n) is 4.06. The number of aromatic nitrogens is 1. The predicted octanol–water partition coefficient (Wildman–Crippen LogP) is 1.97. The van der Waals surface area contributed by atoms with Gasteiger partial charge in [0.15, 0.2) is 0 Å². The zero-order valence-electron chi connectivity index (χ0n) is 12.7. The largest absolute Gasteiger partial charge is 0.493 e. The fraction of sp³-hybridized carbons (Fsp3) is 0.400. The molecule has 1 atom stereocenters. The zero-order valence-corrected chi connectivity index (χ0v) is 14.2. The molecular weight excluding hydrogens is 338 g/mol. The molecule has 0 radical (unpaired) electrons. The average Bonchev–Trinajstić information content (AvgIpc) is 2.75. The van der Waals surface area contributed by atoms with E-state index in [9.17, 15) is 13.5 Å². The number of nitrogens with one attached hydrogen (secondary N) is 1. The molecule has 2 heterocycles. The topological polar surface area (TPSA) is 82.5 Å². The van der Waals surface area contributed by atoms with Crippen molar-refractivity contribution in [3.63, 3.8) is 0 Å². The third-order valence-corrected chi connectivity index (χ3v) is 6.40. The molecule has 1 aromatic heterocycles. The van der Waals surface area contributed by atoms with E-state index < -0.39 is 10.0 Å². The van der Waals surface area contributed by atoms with Crippen LogP contribution in [-0.4, -0.2) is 48.5 Å². The van der Waals surface area contributed by atoms with Crippen molar-refractivity contribution in [2.45, 2.75) is 24.3 Å². The summed E-state index contributed by atoms with van der Waals surface area (Å²) in [5, 5.41) is 14.0. The molecule has 1 unspecified atom stereocenters. The Morgan fingerprint density at radius 1 is 1.43 bits per heavy atom. The molecule has 0 amide bonds. The van der Waals surface area contributed by atoms with Crippen LogP contribution in [0, 0.1) is 0 Å². The molecule has 0 spiro atoms. The molecule has 0 saturated carbocycles. The van der Waals surface area contributed by atoms with Crippen molar-refractivity contribution >= 4 is 32.4 Å². The van der Waals surface area contributed by atoms with Gasteiger partial charge in [-0.2, -0.15) is 4.31 Å². The molecule has 1 fully saturated rings. The second-order valence-electron chi connectivity index (χ2n) is 5.63. The van der Waals surface area contributed by atoms with E-state index in [1.165, 1.54) is 16.6 Å². The van der Waals surface area contributed by atoms with Gasteiger partial charge < -0.3 is 10.4 Å². The molecule has 23 heavy (non-hydrogen) atoms. The van der Waals surface area contributed by atoms with Crippen molar-refractivity contribution in [2.24, 2.45) is 0 Å². The number of rotatable bonds is 2. The Kier molecular flexibility index (Phi) is 4.46. The average molecular weight is 356 g/mol.